The second kappa shape index (κ2) is 11.2. The third kappa shape index (κ3) is 6.64. The van der Waals surface area contributed by atoms with E-state index < -0.39 is 38.2 Å². The van der Waals surface area contributed by atoms with Crippen molar-refractivity contribution in [2.75, 3.05) is 35.9 Å². The van der Waals surface area contributed by atoms with Gasteiger partial charge in [-0.05, 0) is 42.0 Å². The fraction of sp³-hybridized carbons (Fsp3) is 0.148. The third-order valence-corrected chi connectivity index (χ3v) is 7.18. The highest BCUT2D eigenvalue weighted by atomic mass is 32.2. The summed E-state index contributed by atoms with van der Waals surface area (Å²) in [6.45, 7) is 0. The summed E-state index contributed by atoms with van der Waals surface area (Å²) in [4.78, 5) is 26.6. The molecule has 0 atom stereocenters. The fourth-order valence-electron chi connectivity index (χ4n) is 3.97. The van der Waals surface area contributed by atoms with Crippen molar-refractivity contribution in [2.45, 2.75) is 11.1 Å². The molecule has 0 saturated carbocycles. The molecule has 0 aliphatic heterocycles. The van der Waals surface area contributed by atoms with E-state index in [4.69, 9.17) is 4.74 Å². The van der Waals surface area contributed by atoms with Crippen molar-refractivity contribution in [1.82, 2.24) is 24.6 Å². The molecule has 0 saturated heterocycles. The largest absolute Gasteiger partial charge is 0.424 e. The molecule has 222 valence electrons. The average Bonchev–Trinajstić information content (AvgIpc) is 3.37. The highest BCUT2D eigenvalue weighted by Gasteiger charge is 2.32. The van der Waals surface area contributed by atoms with Crippen LogP contribution in [0.3, 0.4) is 0 Å². The van der Waals surface area contributed by atoms with Crippen LogP contribution in [0.5, 0.6) is 11.8 Å². The van der Waals surface area contributed by atoms with Gasteiger partial charge in [-0.15, -0.1) is 0 Å². The van der Waals surface area contributed by atoms with Crippen LogP contribution in [0.1, 0.15) is 5.56 Å². The second-order valence-corrected chi connectivity index (χ2v) is 11.4. The van der Waals surface area contributed by atoms with E-state index in [0.717, 1.165) is 29.3 Å². The number of carbonyl (C=O) groups is 1. The molecule has 3 heterocycles. The van der Waals surface area contributed by atoms with Gasteiger partial charge in [-0.3, -0.25) is 0 Å². The number of nitrogens with zero attached hydrogens (tertiary/aromatic N) is 6. The zero-order chi connectivity index (χ0) is 30.9. The number of halogens is 3. The highest BCUT2D eigenvalue weighted by molar-refractivity contribution is 7.90. The fourth-order valence-corrected chi connectivity index (χ4v) is 4.79. The third-order valence-electron chi connectivity index (χ3n) is 6.03. The summed E-state index contributed by atoms with van der Waals surface area (Å²) in [7, 11) is -0.139. The summed E-state index contributed by atoms with van der Waals surface area (Å²) in [5.41, 5.74) is 0.798. The molecule has 12 nitrogen and oxygen atoms in total. The maximum Gasteiger partial charge on any atom is 0.416 e. The first-order valence-electron chi connectivity index (χ1n) is 12.4. The van der Waals surface area contributed by atoms with E-state index in [1.807, 2.05) is 43.4 Å². The predicted octanol–water partition coefficient (Wildman–Crippen LogP) is 5.11. The lowest BCUT2D eigenvalue weighted by atomic mass is 10.1. The molecule has 43 heavy (non-hydrogen) atoms. The number of hydrogen-bond donors (Lipinski definition) is 2. The minimum absolute atomic E-state index is 0.0378. The summed E-state index contributed by atoms with van der Waals surface area (Å²) in [5, 5.41) is 8.83. The Morgan fingerprint density at radius 2 is 1.67 bits per heavy atom. The number of aromatic nitrogens is 5. The van der Waals surface area contributed by atoms with Gasteiger partial charge < -0.3 is 20.3 Å². The van der Waals surface area contributed by atoms with Gasteiger partial charge in [-0.25, -0.2) is 32.7 Å². The zero-order valence-corrected chi connectivity index (χ0v) is 23.6. The summed E-state index contributed by atoms with van der Waals surface area (Å²) < 4.78 is 70.8. The Balaban J connectivity index is 1.25. The maximum atomic E-state index is 13.1. The van der Waals surface area contributed by atoms with E-state index in [9.17, 15) is 26.4 Å². The molecular weight excluding hydrogens is 589 g/mol. The Morgan fingerprint density at radius 1 is 0.977 bits per heavy atom. The minimum Gasteiger partial charge on any atom is -0.424 e. The molecule has 2 N–H and O–H groups in total. The number of rotatable bonds is 7. The van der Waals surface area contributed by atoms with Gasteiger partial charge >= 0.3 is 18.2 Å². The molecule has 5 rings (SSSR count). The van der Waals surface area contributed by atoms with Crippen molar-refractivity contribution in [3.8, 4) is 22.9 Å². The van der Waals surface area contributed by atoms with Gasteiger partial charge in [0.2, 0.25) is 0 Å². The SMILES string of the molecule is CN(C)c1ccn2ncc(-c3ccc(Oc4ncc(NC(=O)Nc5cc(C(F)(F)F)ccc5S(C)(=O)=O)cn4)cc3)c2n1. The van der Waals surface area contributed by atoms with Crippen molar-refractivity contribution in [2.24, 2.45) is 0 Å². The molecule has 3 aromatic heterocycles. The Morgan fingerprint density at radius 3 is 2.30 bits per heavy atom. The molecule has 5 aromatic rings. The Kier molecular flexibility index (Phi) is 7.62. The average molecular weight is 613 g/mol. The van der Waals surface area contributed by atoms with Crippen LogP contribution in [0, 0.1) is 0 Å². The first-order valence-corrected chi connectivity index (χ1v) is 14.3. The number of sulfone groups is 1. The summed E-state index contributed by atoms with van der Waals surface area (Å²) >= 11 is 0. The van der Waals surface area contributed by atoms with Crippen LogP contribution < -0.4 is 20.3 Å². The Bertz CT molecular complexity index is 1910. The quantitative estimate of drug-likeness (QED) is 0.256. The standard InChI is InChI=1S/C27H23F3N8O4S/c1-37(2)23-10-11-38-24(36-23)20(15-33-38)16-4-7-19(8-5-16)42-26-31-13-18(14-32-26)34-25(39)35-21-12-17(27(28,29)30)6-9-22(21)43(3,40)41/h4-15H,1-3H3,(H2,34,35,39). The van der Waals surface area contributed by atoms with Crippen LogP contribution in [0.2, 0.25) is 0 Å². The monoisotopic (exact) mass is 612 g/mol. The van der Waals surface area contributed by atoms with Gasteiger partial charge in [0.15, 0.2) is 15.5 Å². The van der Waals surface area contributed by atoms with Crippen LogP contribution in [-0.4, -0.2) is 59.4 Å². The topological polar surface area (TPSA) is 144 Å². The molecule has 0 fully saturated rings. The van der Waals surface area contributed by atoms with Crippen molar-refractivity contribution in [1.29, 1.82) is 0 Å². The molecule has 0 aliphatic rings. The van der Waals surface area contributed by atoms with Gasteiger partial charge in [0.1, 0.15) is 11.6 Å². The van der Waals surface area contributed by atoms with Crippen LogP contribution in [0.4, 0.5) is 35.2 Å². The van der Waals surface area contributed by atoms with Crippen molar-refractivity contribution < 1.29 is 31.1 Å². The number of alkyl halides is 3. The Hall–Kier alpha value is -5.25. The summed E-state index contributed by atoms with van der Waals surface area (Å²) in [6.07, 6.45) is 2.05. The molecule has 0 aliphatic carbocycles. The van der Waals surface area contributed by atoms with Gasteiger partial charge in [-0.1, -0.05) is 12.1 Å². The lowest BCUT2D eigenvalue weighted by Crippen LogP contribution is -2.21. The highest BCUT2D eigenvalue weighted by Crippen LogP contribution is 2.34. The second-order valence-electron chi connectivity index (χ2n) is 9.45. The van der Waals surface area contributed by atoms with Gasteiger partial charge in [-0.2, -0.15) is 18.3 Å². The van der Waals surface area contributed by atoms with E-state index >= 15 is 0 Å². The number of ether oxygens (including phenoxy) is 1. The molecule has 0 spiro atoms. The lowest BCUT2D eigenvalue weighted by Gasteiger charge is -2.14. The van der Waals surface area contributed by atoms with E-state index in [-0.39, 0.29) is 11.7 Å². The number of hydrogen-bond acceptors (Lipinski definition) is 9. The summed E-state index contributed by atoms with van der Waals surface area (Å²) in [5.74, 6) is 1.22. The van der Waals surface area contributed by atoms with Crippen molar-refractivity contribution in [3.63, 3.8) is 0 Å². The van der Waals surface area contributed by atoms with Crippen LogP contribution >= 0.6 is 0 Å². The van der Waals surface area contributed by atoms with Gasteiger partial charge in [0.25, 0.3) is 0 Å². The Labute approximate surface area is 243 Å². The molecule has 2 aromatic carbocycles. The predicted molar refractivity (Wildman–Crippen MR) is 152 cm³/mol. The number of fused-ring (bicyclic) bond motifs is 1. The van der Waals surface area contributed by atoms with Gasteiger partial charge in [0, 0.05) is 32.1 Å². The zero-order valence-electron chi connectivity index (χ0n) is 22.8. The van der Waals surface area contributed by atoms with Crippen molar-refractivity contribution >= 4 is 38.7 Å². The lowest BCUT2D eigenvalue weighted by molar-refractivity contribution is -0.137. The first-order chi connectivity index (χ1) is 20.3. The van der Waals surface area contributed by atoms with Crippen LogP contribution in [0.25, 0.3) is 16.8 Å². The van der Waals surface area contributed by atoms with Crippen LogP contribution in [-0.2, 0) is 16.0 Å². The number of amides is 2. The number of urea groups is 1. The molecular formula is C27H23F3N8O4S. The van der Waals surface area contributed by atoms with E-state index in [1.54, 1.807) is 22.8 Å². The van der Waals surface area contributed by atoms with E-state index in [0.29, 0.717) is 23.5 Å². The van der Waals surface area contributed by atoms with E-state index in [2.05, 4.69) is 30.7 Å². The van der Waals surface area contributed by atoms with E-state index in [1.165, 1.54) is 12.4 Å². The first kappa shape index (κ1) is 29.2. The number of nitrogens with one attached hydrogen (secondary N) is 2. The van der Waals surface area contributed by atoms with Gasteiger partial charge in [0.05, 0.1) is 40.4 Å². The summed E-state index contributed by atoms with van der Waals surface area (Å²) in [6, 6.07) is 9.85. The minimum atomic E-state index is -4.74. The smallest absolute Gasteiger partial charge is 0.416 e. The molecule has 0 radical (unpaired) electrons. The molecule has 16 heteroatoms. The van der Waals surface area contributed by atoms with Crippen molar-refractivity contribution in [3.05, 3.63) is 78.9 Å². The normalized spacial score (nSPS) is 11.8. The van der Waals surface area contributed by atoms with Crippen LogP contribution in [0.15, 0.2) is 78.2 Å². The maximum absolute atomic E-state index is 13.1. The molecule has 2 amide bonds. The number of anilines is 3. The number of benzene rings is 2. The number of carbonyl (C=O) groups excluding carboxylic acids is 1. The molecule has 0 unspecified atom stereocenters. The molecule has 0 bridgehead atoms.